The first kappa shape index (κ1) is 43.6. The maximum absolute atomic E-state index is 11.2. The second-order valence-electron chi connectivity index (χ2n) is 19.2. The van der Waals surface area contributed by atoms with Gasteiger partial charge < -0.3 is 28.2 Å². The zero-order chi connectivity index (χ0) is 37.8. The Hall–Kier alpha value is -0.806. The molecule has 3 fully saturated rings. The minimum atomic E-state index is -2.22. The molecule has 0 aliphatic carbocycles. The van der Waals surface area contributed by atoms with Gasteiger partial charge in [0.15, 0.2) is 16.6 Å². The highest BCUT2D eigenvalue weighted by atomic mass is 28.4. The lowest BCUT2D eigenvalue weighted by Gasteiger charge is -2.55. The standard InChI is InChI=1S/C42H76O6Si2/c1-17-28(2)26-29(3)18-24-35-31(5)27-34(45-35)23-22-33(43)21-19-30(4)37-39(47-49(13,14)41(7,8)9)40(48-50(15,16)42(10,11)12)38-36(46-37)25-20-32(6)44-38/h19,21,29-30,32-40,43H,1,5,18,20,22-27H2,2-4,6-16H3/b21-19+/t29-,30-,32-,33?,34?,35-,36-,37-,38-,39+,40-/m0/s1. The van der Waals surface area contributed by atoms with Gasteiger partial charge in [-0.3, -0.25) is 0 Å². The molecule has 11 atom stereocenters. The van der Waals surface area contributed by atoms with Crippen LogP contribution in [0.5, 0.6) is 0 Å². The lowest BCUT2D eigenvalue weighted by Crippen LogP contribution is -2.67. The lowest BCUT2D eigenvalue weighted by molar-refractivity contribution is -0.260. The Morgan fingerprint density at radius 2 is 1.52 bits per heavy atom. The van der Waals surface area contributed by atoms with E-state index >= 15 is 0 Å². The molecule has 0 spiro atoms. The Bertz CT molecular complexity index is 1190. The summed E-state index contributed by atoms with van der Waals surface area (Å²) in [7, 11) is -4.41. The van der Waals surface area contributed by atoms with Gasteiger partial charge in [-0.1, -0.05) is 80.7 Å². The molecular formula is C42H76O6Si2. The smallest absolute Gasteiger partial charge is 0.192 e. The van der Waals surface area contributed by atoms with E-state index in [1.165, 1.54) is 11.1 Å². The van der Waals surface area contributed by atoms with Gasteiger partial charge in [0.25, 0.3) is 0 Å². The zero-order valence-corrected chi connectivity index (χ0v) is 36.6. The largest absolute Gasteiger partial charge is 0.409 e. The van der Waals surface area contributed by atoms with Crippen LogP contribution in [-0.4, -0.2) is 76.7 Å². The van der Waals surface area contributed by atoms with Gasteiger partial charge in [-0.25, -0.2) is 0 Å². The molecule has 0 aromatic carbocycles. The molecule has 2 unspecified atom stereocenters. The van der Waals surface area contributed by atoms with Gasteiger partial charge in [-0.2, -0.15) is 0 Å². The first-order valence-electron chi connectivity index (χ1n) is 19.7. The monoisotopic (exact) mass is 733 g/mol. The molecule has 0 saturated carbocycles. The Morgan fingerprint density at radius 3 is 2.10 bits per heavy atom. The van der Waals surface area contributed by atoms with Crippen molar-refractivity contribution in [3.05, 3.63) is 42.2 Å². The van der Waals surface area contributed by atoms with E-state index in [0.717, 1.165) is 44.9 Å². The minimum absolute atomic E-state index is 0.0127. The highest BCUT2D eigenvalue weighted by molar-refractivity contribution is 6.74. The number of aliphatic hydroxyl groups is 1. The van der Waals surface area contributed by atoms with Crippen molar-refractivity contribution in [1.82, 2.24) is 0 Å². The van der Waals surface area contributed by atoms with E-state index in [1.807, 2.05) is 6.08 Å². The van der Waals surface area contributed by atoms with Gasteiger partial charge in [0.1, 0.15) is 12.2 Å². The van der Waals surface area contributed by atoms with Gasteiger partial charge in [-0.05, 0) is 119 Å². The van der Waals surface area contributed by atoms with E-state index in [-0.39, 0.29) is 64.8 Å². The van der Waals surface area contributed by atoms with Crippen molar-refractivity contribution >= 4 is 16.6 Å². The van der Waals surface area contributed by atoms with E-state index in [9.17, 15) is 5.11 Å². The summed E-state index contributed by atoms with van der Waals surface area (Å²) in [5.74, 6) is 0.585. The maximum atomic E-state index is 11.2. The summed E-state index contributed by atoms with van der Waals surface area (Å²) in [5.41, 5.74) is 5.42. The lowest BCUT2D eigenvalue weighted by atomic mass is 9.85. The molecule has 3 rings (SSSR count). The summed E-state index contributed by atoms with van der Waals surface area (Å²) in [6.45, 7) is 39.9. The van der Waals surface area contributed by atoms with E-state index in [2.05, 4.69) is 120 Å². The van der Waals surface area contributed by atoms with Gasteiger partial charge in [-0.15, -0.1) is 5.73 Å². The average Bonchev–Trinajstić information content (AvgIpc) is 3.36. The third kappa shape index (κ3) is 11.6. The summed E-state index contributed by atoms with van der Waals surface area (Å²) >= 11 is 0. The molecule has 288 valence electrons. The Kier molecular flexibility index (Phi) is 15.3. The van der Waals surface area contributed by atoms with Gasteiger partial charge in [0.2, 0.25) is 0 Å². The number of rotatable bonds is 15. The summed E-state index contributed by atoms with van der Waals surface area (Å²) < 4.78 is 34.8. The van der Waals surface area contributed by atoms with Crippen molar-refractivity contribution in [3.8, 4) is 0 Å². The normalized spacial score (nSPS) is 31.7. The second kappa shape index (κ2) is 17.6. The molecule has 3 heterocycles. The molecule has 0 aromatic heterocycles. The highest BCUT2D eigenvalue weighted by Gasteiger charge is 2.56. The van der Waals surface area contributed by atoms with E-state index in [1.54, 1.807) is 0 Å². The topological polar surface area (TPSA) is 66.4 Å². The van der Waals surface area contributed by atoms with Crippen LogP contribution in [-0.2, 0) is 23.1 Å². The van der Waals surface area contributed by atoms with Crippen molar-refractivity contribution in [2.45, 2.75) is 212 Å². The van der Waals surface area contributed by atoms with Crippen molar-refractivity contribution in [3.63, 3.8) is 0 Å². The number of ether oxygens (including phenoxy) is 3. The summed E-state index contributed by atoms with van der Waals surface area (Å²) in [6, 6.07) is 0. The summed E-state index contributed by atoms with van der Waals surface area (Å²) in [6.07, 6.45) is 10.4. The molecule has 0 radical (unpaired) electrons. The van der Waals surface area contributed by atoms with Gasteiger partial charge in [0.05, 0.1) is 42.7 Å². The molecule has 50 heavy (non-hydrogen) atoms. The van der Waals surface area contributed by atoms with Gasteiger partial charge in [0, 0.05) is 5.92 Å². The molecule has 0 amide bonds. The predicted molar refractivity (Wildman–Crippen MR) is 214 cm³/mol. The number of aliphatic hydroxyl groups excluding tert-OH is 1. The molecule has 6 nitrogen and oxygen atoms in total. The van der Waals surface area contributed by atoms with E-state index < -0.39 is 22.7 Å². The van der Waals surface area contributed by atoms with Crippen LogP contribution in [0.1, 0.15) is 121 Å². The first-order valence-corrected chi connectivity index (χ1v) is 25.5. The van der Waals surface area contributed by atoms with E-state index in [0.29, 0.717) is 12.3 Å². The summed E-state index contributed by atoms with van der Waals surface area (Å²) in [5, 5.41) is 11.2. The van der Waals surface area contributed by atoms with Crippen molar-refractivity contribution in [2.24, 2.45) is 11.8 Å². The van der Waals surface area contributed by atoms with Crippen LogP contribution < -0.4 is 0 Å². The molecule has 8 heteroatoms. The molecule has 0 bridgehead atoms. The zero-order valence-electron chi connectivity index (χ0n) is 34.6. The van der Waals surface area contributed by atoms with Crippen LogP contribution >= 0.6 is 0 Å². The van der Waals surface area contributed by atoms with Crippen LogP contribution in [0.2, 0.25) is 36.3 Å². The Morgan fingerprint density at radius 1 is 0.920 bits per heavy atom. The highest BCUT2D eigenvalue weighted by Crippen LogP contribution is 2.46. The molecule has 1 N–H and O–H groups in total. The van der Waals surface area contributed by atoms with Crippen molar-refractivity contribution < 1.29 is 28.2 Å². The fraction of sp³-hybridized carbons (Fsp3) is 0.833. The Labute approximate surface area is 309 Å². The Balaban J connectivity index is 1.74. The summed E-state index contributed by atoms with van der Waals surface area (Å²) in [4.78, 5) is 0. The van der Waals surface area contributed by atoms with Crippen LogP contribution in [0, 0.1) is 11.8 Å². The van der Waals surface area contributed by atoms with Gasteiger partial charge >= 0.3 is 0 Å². The number of fused-ring (bicyclic) bond motifs is 1. The fourth-order valence-electron chi connectivity index (χ4n) is 7.04. The number of hydrogen-bond acceptors (Lipinski definition) is 6. The quantitative estimate of drug-likeness (QED) is 0.103. The van der Waals surface area contributed by atoms with Crippen molar-refractivity contribution in [1.29, 1.82) is 0 Å². The molecule has 3 saturated heterocycles. The van der Waals surface area contributed by atoms with Crippen LogP contribution in [0.25, 0.3) is 0 Å². The third-order valence-electron chi connectivity index (χ3n) is 12.5. The van der Waals surface area contributed by atoms with E-state index in [4.69, 9.17) is 23.1 Å². The fourth-order valence-corrected chi connectivity index (χ4v) is 9.65. The first-order chi connectivity index (χ1) is 23.0. The maximum Gasteiger partial charge on any atom is 0.192 e. The molecule has 3 aliphatic rings. The predicted octanol–water partition coefficient (Wildman–Crippen LogP) is 10.7. The average molecular weight is 733 g/mol. The molecular weight excluding hydrogens is 657 g/mol. The van der Waals surface area contributed by atoms with Crippen LogP contribution in [0.15, 0.2) is 42.2 Å². The molecule has 0 aromatic rings. The van der Waals surface area contributed by atoms with Crippen LogP contribution in [0.3, 0.4) is 0 Å². The second-order valence-corrected chi connectivity index (χ2v) is 28.7. The van der Waals surface area contributed by atoms with Crippen molar-refractivity contribution in [2.75, 3.05) is 0 Å². The number of hydrogen-bond donors (Lipinski definition) is 1. The minimum Gasteiger partial charge on any atom is -0.409 e. The molecule has 3 aliphatic heterocycles. The third-order valence-corrected chi connectivity index (χ3v) is 21.5. The van der Waals surface area contributed by atoms with Crippen LogP contribution in [0.4, 0.5) is 0 Å². The SMILES string of the molecule is C=C=C(C)C[C@@H](C)CC[C@@H]1OC(CCC(O)/C=C/[C@H](C)[C@@H]2O[C@H]3CC[C@H](C)O[C@@H]3[C@H](O[Si](C)(C)C(C)(C)C)[C@@H]2O[Si](C)(C)C(C)(C)C)CC1=C. The number of allylic oxidation sites excluding steroid dienone is 1.